The van der Waals surface area contributed by atoms with Crippen molar-refractivity contribution in [1.29, 1.82) is 0 Å². The molecule has 106 valence electrons. The third-order valence-corrected chi connectivity index (χ3v) is 3.32. The van der Waals surface area contributed by atoms with Crippen LogP contribution in [0.25, 0.3) is 0 Å². The van der Waals surface area contributed by atoms with Gasteiger partial charge in [0, 0.05) is 6.54 Å². The Balaban J connectivity index is 1.99. The van der Waals surface area contributed by atoms with Crippen molar-refractivity contribution in [2.45, 2.75) is 19.5 Å². The summed E-state index contributed by atoms with van der Waals surface area (Å²) in [7, 11) is 0. The molecule has 0 saturated heterocycles. The van der Waals surface area contributed by atoms with Crippen molar-refractivity contribution in [2.75, 3.05) is 0 Å². The van der Waals surface area contributed by atoms with Crippen LogP contribution in [0.15, 0.2) is 28.9 Å². The zero-order chi connectivity index (χ0) is 14.7. The van der Waals surface area contributed by atoms with Gasteiger partial charge in [0.25, 0.3) is 5.91 Å². The quantitative estimate of drug-likeness (QED) is 0.909. The molecule has 2 aromatic rings. The van der Waals surface area contributed by atoms with Gasteiger partial charge in [-0.25, -0.2) is 4.98 Å². The number of hydrogen-bond donors (Lipinski definition) is 2. The molecule has 0 saturated carbocycles. The van der Waals surface area contributed by atoms with E-state index in [0.29, 0.717) is 22.5 Å². The number of benzene rings is 1. The first-order valence-electron chi connectivity index (χ1n) is 5.90. The van der Waals surface area contributed by atoms with Gasteiger partial charge in [-0.15, -0.1) is 0 Å². The van der Waals surface area contributed by atoms with E-state index < -0.39 is 0 Å². The second-order valence-electron chi connectivity index (χ2n) is 4.29. The van der Waals surface area contributed by atoms with Gasteiger partial charge in [0.15, 0.2) is 5.69 Å². The topological polar surface area (TPSA) is 81.1 Å². The van der Waals surface area contributed by atoms with Crippen LogP contribution in [0.4, 0.5) is 0 Å². The average Bonchev–Trinajstić information content (AvgIpc) is 2.89. The fraction of sp³-hybridized carbons (Fsp3) is 0.231. The number of carbonyl (C=O) groups excluding carboxylic acids is 1. The summed E-state index contributed by atoms with van der Waals surface area (Å²) >= 11 is 11.7. The molecule has 0 radical (unpaired) electrons. The summed E-state index contributed by atoms with van der Waals surface area (Å²) in [6.07, 6.45) is 1.28. The largest absolute Gasteiger partial charge is 0.446 e. The molecule has 5 nitrogen and oxygen atoms in total. The van der Waals surface area contributed by atoms with Crippen molar-refractivity contribution in [3.05, 3.63) is 51.7 Å². The molecule has 1 aromatic carbocycles. The van der Waals surface area contributed by atoms with Gasteiger partial charge in [0.2, 0.25) is 5.89 Å². The van der Waals surface area contributed by atoms with E-state index in [2.05, 4.69) is 10.3 Å². The summed E-state index contributed by atoms with van der Waals surface area (Å²) in [5.74, 6) is -0.0172. The van der Waals surface area contributed by atoms with E-state index in [-0.39, 0.29) is 17.6 Å². The molecule has 0 aliphatic heterocycles. The number of amides is 1. The number of nitrogens with zero attached hydrogens (tertiary/aromatic N) is 1. The Bertz CT molecular complexity index is 626. The Morgan fingerprint density at radius 2 is 2.20 bits per heavy atom. The Labute approximate surface area is 126 Å². The smallest absolute Gasteiger partial charge is 0.273 e. The van der Waals surface area contributed by atoms with Gasteiger partial charge in [-0.3, -0.25) is 4.79 Å². The van der Waals surface area contributed by atoms with Crippen LogP contribution in [0, 0.1) is 0 Å². The summed E-state index contributed by atoms with van der Waals surface area (Å²) in [5, 5.41) is 3.63. The van der Waals surface area contributed by atoms with E-state index in [9.17, 15) is 4.79 Å². The first-order chi connectivity index (χ1) is 9.47. The Morgan fingerprint density at radius 3 is 2.80 bits per heavy atom. The fourth-order valence-electron chi connectivity index (χ4n) is 1.52. The van der Waals surface area contributed by atoms with Crippen LogP contribution in [-0.2, 0) is 6.54 Å². The monoisotopic (exact) mass is 313 g/mol. The minimum atomic E-state index is -0.355. The lowest BCUT2D eigenvalue weighted by Crippen LogP contribution is -2.23. The number of nitrogens with two attached hydrogens (primary N) is 1. The van der Waals surface area contributed by atoms with Crippen LogP contribution in [0.2, 0.25) is 10.0 Å². The third-order valence-electron chi connectivity index (χ3n) is 2.58. The van der Waals surface area contributed by atoms with E-state index in [4.69, 9.17) is 33.4 Å². The Morgan fingerprint density at radius 1 is 1.45 bits per heavy atom. The SMILES string of the molecule is CC(N)c1nc(C(=O)NCc2ccc(Cl)c(Cl)c2)co1. The number of halogens is 2. The molecule has 1 heterocycles. The van der Waals surface area contributed by atoms with Crippen molar-refractivity contribution in [2.24, 2.45) is 5.73 Å². The van der Waals surface area contributed by atoms with Crippen molar-refractivity contribution >= 4 is 29.1 Å². The lowest BCUT2D eigenvalue weighted by Gasteiger charge is -2.04. The standard InChI is InChI=1S/C13H13Cl2N3O2/c1-7(16)13-18-11(6-20-13)12(19)17-5-8-2-3-9(14)10(15)4-8/h2-4,6-7H,5,16H2,1H3,(H,17,19). The molecule has 7 heteroatoms. The Hall–Kier alpha value is -1.56. The highest BCUT2D eigenvalue weighted by atomic mass is 35.5. The summed E-state index contributed by atoms with van der Waals surface area (Å²) in [6.45, 7) is 2.04. The molecular weight excluding hydrogens is 301 g/mol. The first-order valence-corrected chi connectivity index (χ1v) is 6.66. The zero-order valence-electron chi connectivity index (χ0n) is 10.7. The molecule has 20 heavy (non-hydrogen) atoms. The summed E-state index contributed by atoms with van der Waals surface area (Å²) in [5.41, 5.74) is 6.64. The minimum Gasteiger partial charge on any atom is -0.446 e. The van der Waals surface area contributed by atoms with Gasteiger partial charge >= 0.3 is 0 Å². The minimum absolute atomic E-state index is 0.192. The van der Waals surface area contributed by atoms with Gasteiger partial charge in [0.1, 0.15) is 6.26 Å². The van der Waals surface area contributed by atoms with Gasteiger partial charge < -0.3 is 15.5 Å². The van der Waals surface area contributed by atoms with Crippen LogP contribution in [-0.4, -0.2) is 10.9 Å². The van der Waals surface area contributed by atoms with Crippen LogP contribution < -0.4 is 11.1 Å². The number of oxazole rings is 1. The molecule has 1 unspecified atom stereocenters. The predicted molar refractivity (Wildman–Crippen MR) is 76.7 cm³/mol. The molecule has 1 amide bonds. The molecule has 2 rings (SSSR count). The number of aromatic nitrogens is 1. The molecule has 0 bridgehead atoms. The van der Waals surface area contributed by atoms with Crippen LogP contribution in [0.3, 0.4) is 0 Å². The maximum absolute atomic E-state index is 11.9. The Kier molecular flexibility index (Phi) is 4.65. The number of nitrogens with one attached hydrogen (secondary N) is 1. The zero-order valence-corrected chi connectivity index (χ0v) is 12.2. The highest BCUT2D eigenvalue weighted by Gasteiger charge is 2.14. The molecule has 1 atom stereocenters. The van der Waals surface area contributed by atoms with Crippen LogP contribution >= 0.6 is 23.2 Å². The average molecular weight is 314 g/mol. The van der Waals surface area contributed by atoms with E-state index in [1.54, 1.807) is 25.1 Å². The lowest BCUT2D eigenvalue weighted by molar-refractivity contribution is 0.0946. The molecule has 0 aliphatic carbocycles. The summed E-state index contributed by atoms with van der Waals surface area (Å²) in [6, 6.07) is 4.80. The highest BCUT2D eigenvalue weighted by molar-refractivity contribution is 6.42. The van der Waals surface area contributed by atoms with Crippen LogP contribution in [0.1, 0.15) is 34.9 Å². The normalized spacial score (nSPS) is 12.2. The van der Waals surface area contributed by atoms with E-state index in [1.165, 1.54) is 6.26 Å². The summed E-state index contributed by atoms with van der Waals surface area (Å²) < 4.78 is 5.10. The molecule has 0 spiro atoms. The molecule has 1 aromatic heterocycles. The maximum atomic E-state index is 11.9. The van der Waals surface area contributed by atoms with Crippen molar-refractivity contribution < 1.29 is 9.21 Å². The maximum Gasteiger partial charge on any atom is 0.273 e. The van der Waals surface area contributed by atoms with Crippen molar-refractivity contribution in [3.8, 4) is 0 Å². The fourth-order valence-corrected chi connectivity index (χ4v) is 1.84. The third kappa shape index (κ3) is 3.50. The number of rotatable bonds is 4. The van der Waals surface area contributed by atoms with Crippen molar-refractivity contribution in [1.82, 2.24) is 10.3 Å². The van der Waals surface area contributed by atoms with E-state index in [0.717, 1.165) is 5.56 Å². The molecular formula is C13H13Cl2N3O2. The van der Waals surface area contributed by atoms with E-state index in [1.807, 2.05) is 0 Å². The summed E-state index contributed by atoms with van der Waals surface area (Å²) in [4.78, 5) is 15.9. The van der Waals surface area contributed by atoms with Gasteiger partial charge in [-0.2, -0.15) is 0 Å². The van der Waals surface area contributed by atoms with E-state index >= 15 is 0 Å². The number of hydrogen-bond acceptors (Lipinski definition) is 4. The van der Waals surface area contributed by atoms with Crippen LogP contribution in [0.5, 0.6) is 0 Å². The predicted octanol–water partition coefficient (Wildman–Crippen LogP) is 2.93. The van der Waals surface area contributed by atoms with Gasteiger partial charge in [-0.1, -0.05) is 29.3 Å². The number of carbonyl (C=O) groups is 1. The second kappa shape index (κ2) is 6.26. The molecule has 0 fully saturated rings. The molecule has 0 aliphatic rings. The van der Waals surface area contributed by atoms with Crippen molar-refractivity contribution in [3.63, 3.8) is 0 Å². The van der Waals surface area contributed by atoms with Gasteiger partial charge in [0.05, 0.1) is 16.1 Å². The highest BCUT2D eigenvalue weighted by Crippen LogP contribution is 2.22. The first kappa shape index (κ1) is 14.8. The second-order valence-corrected chi connectivity index (χ2v) is 5.11. The van der Waals surface area contributed by atoms with Gasteiger partial charge in [-0.05, 0) is 24.6 Å². The lowest BCUT2D eigenvalue weighted by atomic mass is 10.2. The molecule has 3 N–H and O–H groups in total.